The molecular weight excluding hydrogens is 1280 g/mol. The van der Waals surface area contributed by atoms with Gasteiger partial charge in [0.1, 0.15) is 0 Å². The summed E-state index contributed by atoms with van der Waals surface area (Å²) in [6, 6.07) is 153. The minimum atomic E-state index is 1.07. The van der Waals surface area contributed by atoms with Gasteiger partial charge in [-0.25, -0.2) is 0 Å². The predicted octanol–water partition coefficient (Wildman–Crippen LogP) is 29.5. The summed E-state index contributed by atoms with van der Waals surface area (Å²) in [6.45, 7) is 0. The number of anilines is 6. The van der Waals surface area contributed by atoms with E-state index in [4.69, 9.17) is 0 Å². The third kappa shape index (κ3) is 10.9. The van der Waals surface area contributed by atoms with E-state index in [1.54, 1.807) is 0 Å². The summed E-state index contributed by atoms with van der Waals surface area (Å²) in [5.74, 6) is 0. The zero-order chi connectivity index (χ0) is 70.0. The fourth-order valence-corrected chi connectivity index (χ4v) is 16.7. The Kier molecular flexibility index (Phi) is 15.3. The molecule has 0 aliphatic carbocycles. The van der Waals surface area contributed by atoms with Crippen LogP contribution in [0.2, 0.25) is 0 Å². The number of para-hydroxylation sites is 4. The lowest BCUT2D eigenvalue weighted by Crippen LogP contribution is -2.13. The van der Waals surface area contributed by atoms with Crippen molar-refractivity contribution in [1.29, 1.82) is 0 Å². The van der Waals surface area contributed by atoms with Crippen LogP contribution in [0.15, 0.2) is 413 Å². The van der Waals surface area contributed by atoms with Crippen LogP contribution in [0.4, 0.5) is 34.1 Å². The van der Waals surface area contributed by atoms with Crippen molar-refractivity contribution in [3.63, 3.8) is 0 Å². The number of fused-ring (bicyclic) bond motifs is 10. The Morgan fingerprint density at radius 2 is 0.491 bits per heavy atom. The first-order valence-corrected chi connectivity index (χ1v) is 36.6. The van der Waals surface area contributed by atoms with Gasteiger partial charge in [-0.2, -0.15) is 0 Å². The van der Waals surface area contributed by atoms with Gasteiger partial charge in [0.2, 0.25) is 0 Å². The second-order valence-corrected chi connectivity index (χ2v) is 27.8. The summed E-state index contributed by atoms with van der Waals surface area (Å²) in [6.07, 6.45) is 0. The van der Waals surface area contributed by atoms with Gasteiger partial charge in [0.05, 0.1) is 28.4 Å². The lowest BCUT2D eigenvalue weighted by Gasteiger charge is -2.31. The van der Waals surface area contributed by atoms with Crippen LogP contribution in [-0.2, 0) is 0 Å². The Hall–Kier alpha value is -13.9. The van der Waals surface area contributed by atoms with E-state index in [9.17, 15) is 0 Å². The zero-order valence-electron chi connectivity index (χ0n) is 58.2. The van der Waals surface area contributed by atoms with E-state index in [1.165, 1.54) is 92.1 Å². The minimum absolute atomic E-state index is 1.07. The molecule has 0 amide bonds. The fourth-order valence-electron chi connectivity index (χ4n) is 16.7. The van der Waals surface area contributed by atoms with Gasteiger partial charge < -0.3 is 9.80 Å². The quantitative estimate of drug-likeness (QED) is 0.106. The molecular formula is C104H68N2. The van der Waals surface area contributed by atoms with Gasteiger partial charge >= 0.3 is 0 Å². The van der Waals surface area contributed by atoms with Gasteiger partial charge in [-0.3, -0.25) is 0 Å². The summed E-state index contributed by atoms with van der Waals surface area (Å²) in [5.41, 5.74) is 22.8. The van der Waals surface area contributed by atoms with Crippen LogP contribution in [0.25, 0.3) is 164 Å². The molecule has 0 bridgehead atoms. The summed E-state index contributed by atoms with van der Waals surface area (Å²) in [4.78, 5) is 5.03. The highest BCUT2D eigenvalue weighted by atomic mass is 15.2. The molecule has 2 heteroatoms. The van der Waals surface area contributed by atoms with Crippen molar-refractivity contribution in [2.45, 2.75) is 0 Å². The first-order valence-electron chi connectivity index (χ1n) is 36.6. The van der Waals surface area contributed by atoms with Gasteiger partial charge in [-0.05, 0) is 221 Å². The van der Waals surface area contributed by atoms with Gasteiger partial charge in [0.25, 0.3) is 0 Å². The number of hydrogen-bond donors (Lipinski definition) is 0. The molecule has 0 aliphatic rings. The maximum atomic E-state index is 2.53. The van der Waals surface area contributed by atoms with Crippen LogP contribution in [0, 0.1) is 0 Å². The maximum Gasteiger partial charge on any atom is 0.0540 e. The van der Waals surface area contributed by atoms with Crippen LogP contribution in [0.1, 0.15) is 0 Å². The topological polar surface area (TPSA) is 6.48 Å². The molecule has 0 radical (unpaired) electrons. The first kappa shape index (κ1) is 61.9. The Morgan fingerprint density at radius 1 is 0.123 bits per heavy atom. The molecule has 0 fully saturated rings. The molecule has 106 heavy (non-hydrogen) atoms. The van der Waals surface area contributed by atoms with Crippen LogP contribution in [0.5, 0.6) is 0 Å². The molecule has 20 aromatic carbocycles. The second-order valence-electron chi connectivity index (χ2n) is 27.8. The van der Waals surface area contributed by atoms with E-state index in [0.29, 0.717) is 0 Å². The molecule has 0 N–H and O–H groups in total. The van der Waals surface area contributed by atoms with Crippen molar-refractivity contribution in [3.05, 3.63) is 413 Å². The summed E-state index contributed by atoms with van der Waals surface area (Å²) < 4.78 is 0. The Balaban J connectivity index is 0.712. The normalized spacial score (nSPS) is 11.6. The molecule has 0 unspecified atom stereocenters. The van der Waals surface area contributed by atoms with E-state index in [1.807, 2.05) is 0 Å². The molecule has 0 aromatic heterocycles. The molecule has 0 saturated heterocycles. The van der Waals surface area contributed by atoms with Crippen molar-refractivity contribution < 1.29 is 0 Å². The van der Waals surface area contributed by atoms with Crippen LogP contribution < -0.4 is 9.80 Å². The average molecular weight is 1350 g/mol. The molecule has 0 atom stereocenters. The molecule has 0 heterocycles. The number of hydrogen-bond acceptors (Lipinski definition) is 2. The highest BCUT2D eigenvalue weighted by molar-refractivity contribution is 6.18. The molecule has 20 aromatic rings. The Labute approximate surface area is 616 Å². The highest BCUT2D eigenvalue weighted by Gasteiger charge is 2.27. The zero-order valence-corrected chi connectivity index (χ0v) is 58.2. The van der Waals surface area contributed by atoms with E-state index in [0.717, 1.165) is 106 Å². The van der Waals surface area contributed by atoms with E-state index < -0.39 is 0 Å². The van der Waals surface area contributed by atoms with Crippen LogP contribution in [-0.4, -0.2) is 0 Å². The Morgan fingerprint density at radius 3 is 1.10 bits per heavy atom. The van der Waals surface area contributed by atoms with Crippen molar-refractivity contribution in [2.75, 3.05) is 9.80 Å². The molecule has 20 rings (SSSR count). The smallest absolute Gasteiger partial charge is 0.0540 e. The fraction of sp³-hybridized carbons (Fsp3) is 0. The second kappa shape index (κ2) is 26.2. The molecule has 0 aliphatic heterocycles. The van der Waals surface area contributed by atoms with Crippen molar-refractivity contribution in [3.8, 4) is 77.9 Å². The van der Waals surface area contributed by atoms with E-state index in [2.05, 4.69) is 422 Å². The standard InChI is InChI=1S/C104H68N2/c1-2-27-71(28-3-1)87-59-60-104(94-42-15-14-40-91(87)94)106(101-46-21-17-38-89(101)83-54-50-70-26-5-7-30-73(70)64-83)103-48-23-19-44-96(103)99-68-81-32-9-11-36-86(81)93-58-56-79(66-98(93)99)75-34-24-33-74(61-75)76-51-52-78-65-84(57-55-77(78)62-76)105(100-45-20-16-37-88(100)82-53-49-69-25-4-6-29-72(69)63-82)102-47-22-18-43-95(102)97-67-80-31-8-10-35-85(80)90-39-12-13-41-92(90)97/h1-68H. The average Bonchev–Trinajstić information content (AvgIpc) is 0.744. The van der Waals surface area contributed by atoms with Crippen molar-refractivity contribution >= 4 is 120 Å². The minimum Gasteiger partial charge on any atom is -0.309 e. The third-order valence-electron chi connectivity index (χ3n) is 21.7. The highest BCUT2D eigenvalue weighted by Crippen LogP contribution is 2.52. The monoisotopic (exact) mass is 1340 g/mol. The molecule has 0 saturated carbocycles. The SMILES string of the molecule is c1ccc(-c2ccc(N(c3ccccc3-c3ccc4ccccc4c3)c3ccccc3-c3cc4ccccc4c4ccc(-c5cccc(-c6ccc7cc(N(c8ccccc8-c8ccc9ccccc9c8)c8ccccc8-c8cc9ccccc9c9ccccc89)ccc7c6)c5)cc34)c3ccccc23)cc1. The number of nitrogens with zero attached hydrogens (tertiary/aromatic N) is 2. The van der Waals surface area contributed by atoms with Crippen molar-refractivity contribution in [2.24, 2.45) is 0 Å². The largest absolute Gasteiger partial charge is 0.309 e. The van der Waals surface area contributed by atoms with E-state index in [-0.39, 0.29) is 0 Å². The van der Waals surface area contributed by atoms with Crippen molar-refractivity contribution in [1.82, 2.24) is 0 Å². The predicted molar refractivity (Wildman–Crippen MR) is 454 cm³/mol. The molecule has 2 nitrogen and oxygen atoms in total. The first-order chi connectivity index (χ1) is 52.6. The molecule has 0 spiro atoms. The van der Waals surface area contributed by atoms with Crippen LogP contribution in [0.3, 0.4) is 0 Å². The summed E-state index contributed by atoms with van der Waals surface area (Å²) in [5, 5.41) is 19.3. The van der Waals surface area contributed by atoms with Crippen LogP contribution >= 0.6 is 0 Å². The summed E-state index contributed by atoms with van der Waals surface area (Å²) in [7, 11) is 0. The summed E-state index contributed by atoms with van der Waals surface area (Å²) >= 11 is 0. The Bertz CT molecular complexity index is 6860. The lowest BCUT2D eigenvalue weighted by atomic mass is 9.89. The lowest BCUT2D eigenvalue weighted by molar-refractivity contribution is 1.29. The van der Waals surface area contributed by atoms with Gasteiger partial charge in [-0.1, -0.05) is 328 Å². The van der Waals surface area contributed by atoms with E-state index >= 15 is 0 Å². The van der Waals surface area contributed by atoms with Gasteiger partial charge in [-0.15, -0.1) is 0 Å². The maximum absolute atomic E-state index is 2.53. The number of benzene rings is 20. The number of rotatable bonds is 13. The van der Waals surface area contributed by atoms with Gasteiger partial charge in [0, 0.05) is 33.3 Å². The molecule has 494 valence electrons. The third-order valence-corrected chi connectivity index (χ3v) is 21.7. The van der Waals surface area contributed by atoms with Gasteiger partial charge in [0.15, 0.2) is 0 Å².